The Bertz CT molecular complexity index is 2820. The average molecular weight is 623 g/mol. The van der Waals surface area contributed by atoms with Gasteiger partial charge in [-0.05, 0) is 39.1 Å². The normalized spacial score (nSPS) is 12.9. The van der Waals surface area contributed by atoms with Gasteiger partial charge >= 0.3 is 0 Å². The number of fused-ring (bicyclic) bond motifs is 4. The molecule has 3 nitrogen and oxygen atoms in total. The molecule has 7 aromatic carbocycles. The number of nitrogens with zero attached hydrogens (tertiary/aromatic N) is 3. The zero-order chi connectivity index (χ0) is 35.5. The van der Waals surface area contributed by atoms with Gasteiger partial charge in [-0.15, -0.1) is 11.3 Å². The zero-order valence-corrected chi connectivity index (χ0v) is 25.8. The highest BCUT2D eigenvalue weighted by Gasteiger charge is 2.16. The summed E-state index contributed by atoms with van der Waals surface area (Å²) in [5.41, 5.74) is 5.65. The lowest BCUT2D eigenvalue weighted by Gasteiger charge is -2.10. The van der Waals surface area contributed by atoms with E-state index >= 15 is 0 Å². The van der Waals surface area contributed by atoms with Crippen molar-refractivity contribution in [2.45, 2.75) is 0 Å². The molecule has 0 fully saturated rings. The quantitative estimate of drug-likeness (QED) is 0.192. The lowest BCUT2D eigenvalue weighted by atomic mass is 9.97. The van der Waals surface area contributed by atoms with E-state index in [1.54, 1.807) is 0 Å². The van der Waals surface area contributed by atoms with Gasteiger partial charge in [0.2, 0.25) is 0 Å². The van der Waals surface area contributed by atoms with Crippen LogP contribution in [0.25, 0.3) is 87.4 Å². The van der Waals surface area contributed by atoms with E-state index in [0.717, 1.165) is 48.0 Å². The lowest BCUT2D eigenvalue weighted by molar-refractivity contribution is 1.07. The van der Waals surface area contributed by atoms with Gasteiger partial charge in [0.1, 0.15) is 0 Å². The molecule has 0 radical (unpaired) electrons. The topological polar surface area (TPSA) is 38.7 Å². The second-order valence-corrected chi connectivity index (χ2v) is 12.3. The van der Waals surface area contributed by atoms with Crippen molar-refractivity contribution >= 4 is 42.3 Å². The molecule has 47 heavy (non-hydrogen) atoms. The molecule has 0 saturated heterocycles. The molecule has 0 aliphatic rings. The van der Waals surface area contributed by atoms with Crippen molar-refractivity contribution in [1.29, 1.82) is 0 Å². The Labute approximate surface area is 283 Å². The van der Waals surface area contributed by atoms with Gasteiger partial charge < -0.3 is 0 Å². The van der Waals surface area contributed by atoms with Crippen LogP contribution in [0.1, 0.15) is 6.85 Å². The first-order chi connectivity index (χ1) is 25.4. The van der Waals surface area contributed by atoms with Crippen molar-refractivity contribution in [2.75, 3.05) is 0 Å². The fourth-order valence-electron chi connectivity index (χ4n) is 6.15. The highest BCUT2D eigenvalue weighted by molar-refractivity contribution is 7.26. The van der Waals surface area contributed by atoms with Crippen LogP contribution in [0.15, 0.2) is 164 Å². The summed E-state index contributed by atoms with van der Waals surface area (Å²) in [6.07, 6.45) is 0. The highest BCUT2D eigenvalue weighted by atomic mass is 32.1. The second kappa shape index (κ2) is 11.4. The second-order valence-electron chi connectivity index (χ2n) is 11.3. The largest absolute Gasteiger partial charge is 0.208 e. The third kappa shape index (κ3) is 4.96. The van der Waals surface area contributed by atoms with Crippen LogP contribution in [0.3, 0.4) is 0 Å². The standard InChI is InChI=1S/C43H27N3S/c1-3-11-29(12-4-1)36-19-10-20-38-37-26-25-33(27-39(37)47-40(36)38)43-45-41(31-14-5-2-6-15-31)44-42(46-43)32-23-21-30(22-24-32)35-18-9-16-28-13-7-8-17-34(28)35/h1-27H/i1D,3D,4D,11D,12D. The third-order valence-corrected chi connectivity index (χ3v) is 9.64. The summed E-state index contributed by atoms with van der Waals surface area (Å²) >= 11 is 1.52. The Morgan fingerprint density at radius 1 is 0.426 bits per heavy atom. The Morgan fingerprint density at radius 2 is 1.02 bits per heavy atom. The van der Waals surface area contributed by atoms with E-state index in [1.807, 2.05) is 60.7 Å². The Balaban J connectivity index is 1.17. The minimum Gasteiger partial charge on any atom is -0.208 e. The number of thiophene rings is 1. The predicted octanol–water partition coefficient (Wildman–Crippen LogP) is 11.7. The predicted molar refractivity (Wildman–Crippen MR) is 197 cm³/mol. The van der Waals surface area contributed by atoms with Gasteiger partial charge in [0.25, 0.3) is 0 Å². The lowest BCUT2D eigenvalue weighted by Crippen LogP contribution is -2.00. The van der Waals surface area contributed by atoms with Crippen LogP contribution in [0.4, 0.5) is 0 Å². The number of rotatable bonds is 5. The van der Waals surface area contributed by atoms with Gasteiger partial charge in [-0.3, -0.25) is 0 Å². The van der Waals surface area contributed by atoms with Crippen LogP contribution >= 0.6 is 11.3 Å². The summed E-state index contributed by atoms with van der Waals surface area (Å²) in [6, 6.07) is 43.2. The molecule has 220 valence electrons. The summed E-state index contributed by atoms with van der Waals surface area (Å²) in [5, 5.41) is 4.34. The molecule has 0 N–H and O–H groups in total. The van der Waals surface area contributed by atoms with E-state index in [4.69, 9.17) is 21.8 Å². The van der Waals surface area contributed by atoms with Crippen LogP contribution in [0, 0.1) is 0 Å². The number of benzene rings is 7. The van der Waals surface area contributed by atoms with Gasteiger partial charge in [0.05, 0.1) is 6.85 Å². The molecular weight excluding hydrogens is 591 g/mol. The first-order valence-electron chi connectivity index (χ1n) is 17.8. The number of hydrogen-bond acceptors (Lipinski definition) is 4. The van der Waals surface area contributed by atoms with E-state index in [2.05, 4.69) is 72.8 Å². The van der Waals surface area contributed by atoms with E-state index in [-0.39, 0.29) is 29.7 Å². The molecule has 0 bridgehead atoms. The number of hydrogen-bond donors (Lipinski definition) is 0. The molecular formula is C43H27N3S. The first kappa shape index (κ1) is 22.5. The molecule has 2 heterocycles. The van der Waals surface area contributed by atoms with Crippen molar-refractivity contribution in [1.82, 2.24) is 15.0 Å². The van der Waals surface area contributed by atoms with E-state index in [9.17, 15) is 0 Å². The van der Waals surface area contributed by atoms with Crippen molar-refractivity contribution in [3.8, 4) is 56.4 Å². The fourth-order valence-corrected chi connectivity index (χ4v) is 7.41. The Hall–Kier alpha value is -5.97. The first-order valence-corrected chi connectivity index (χ1v) is 16.1. The minimum atomic E-state index is -0.403. The number of aromatic nitrogens is 3. The monoisotopic (exact) mass is 622 g/mol. The molecule has 0 aliphatic heterocycles. The van der Waals surface area contributed by atoms with Gasteiger partial charge in [0, 0.05) is 36.9 Å². The zero-order valence-electron chi connectivity index (χ0n) is 30.0. The maximum Gasteiger partial charge on any atom is 0.164 e. The summed E-state index contributed by atoms with van der Waals surface area (Å²) in [7, 11) is 0. The molecule has 0 spiro atoms. The minimum absolute atomic E-state index is 0.199. The molecule has 0 unspecified atom stereocenters. The van der Waals surface area contributed by atoms with Gasteiger partial charge in [0.15, 0.2) is 17.5 Å². The van der Waals surface area contributed by atoms with E-state index < -0.39 is 6.04 Å². The fraction of sp³-hybridized carbons (Fsp3) is 0. The summed E-state index contributed by atoms with van der Waals surface area (Å²) < 4.78 is 43.6. The molecule has 0 saturated carbocycles. The van der Waals surface area contributed by atoms with Crippen molar-refractivity contribution in [3.63, 3.8) is 0 Å². The third-order valence-electron chi connectivity index (χ3n) is 8.44. The van der Waals surface area contributed by atoms with Crippen molar-refractivity contribution in [2.24, 2.45) is 0 Å². The van der Waals surface area contributed by atoms with Crippen LogP contribution in [0.5, 0.6) is 0 Å². The van der Waals surface area contributed by atoms with Crippen LogP contribution < -0.4 is 0 Å². The molecule has 2 aromatic heterocycles. The van der Waals surface area contributed by atoms with Crippen LogP contribution in [0.2, 0.25) is 0 Å². The maximum absolute atomic E-state index is 8.61. The summed E-state index contributed by atoms with van der Waals surface area (Å²) in [5.74, 6) is 1.67. The molecule has 9 aromatic rings. The van der Waals surface area contributed by atoms with Crippen LogP contribution in [-0.2, 0) is 0 Å². The van der Waals surface area contributed by atoms with E-state index in [1.165, 1.54) is 22.1 Å². The summed E-state index contributed by atoms with van der Waals surface area (Å²) in [6.45, 7) is 0. The van der Waals surface area contributed by atoms with Crippen LogP contribution in [-0.4, -0.2) is 15.0 Å². The molecule has 0 aliphatic carbocycles. The van der Waals surface area contributed by atoms with Crippen molar-refractivity contribution in [3.05, 3.63) is 164 Å². The average Bonchev–Trinajstić information content (AvgIpc) is 3.58. The Kier molecular flexibility index (Phi) is 5.48. The summed E-state index contributed by atoms with van der Waals surface area (Å²) in [4.78, 5) is 14.9. The SMILES string of the molecule is [2H]c1c([2H])c([2H])c(-c2cccc3c2sc2cc(-c4nc(-c5ccccc5)nc(-c5ccc(-c6cccc7ccccc67)cc5)n4)ccc23)c([2H])c1[2H]. The molecule has 4 heteroatoms. The Morgan fingerprint density at radius 3 is 1.83 bits per heavy atom. The maximum atomic E-state index is 8.61. The smallest absolute Gasteiger partial charge is 0.164 e. The van der Waals surface area contributed by atoms with E-state index in [0.29, 0.717) is 23.0 Å². The molecule has 0 atom stereocenters. The highest BCUT2D eigenvalue weighted by Crippen LogP contribution is 2.41. The van der Waals surface area contributed by atoms with Crippen molar-refractivity contribution < 1.29 is 6.85 Å². The molecule has 0 amide bonds. The van der Waals surface area contributed by atoms with Gasteiger partial charge in [-0.2, -0.15) is 0 Å². The van der Waals surface area contributed by atoms with Gasteiger partial charge in [-0.25, -0.2) is 15.0 Å². The molecule has 9 rings (SSSR count). The van der Waals surface area contributed by atoms with Gasteiger partial charge in [-0.1, -0.05) is 158 Å².